The molecule has 15 heteroatoms. The highest BCUT2D eigenvalue weighted by atomic mass is 16.6. The van der Waals surface area contributed by atoms with Crippen LogP contribution in [0.1, 0.15) is 41.5 Å². The van der Waals surface area contributed by atoms with Gasteiger partial charge in [0, 0.05) is 54.0 Å². The Morgan fingerprint density at radius 3 is 2.20 bits per heavy atom. The predicted octanol–water partition coefficient (Wildman–Crippen LogP) is 2.76. The Balaban J connectivity index is 0.943. The number of phenols is 1. The fourth-order valence-corrected chi connectivity index (χ4v) is 6.25. The zero-order chi connectivity index (χ0) is 39.0. The number of hydrogen-bond acceptors (Lipinski definition) is 11. The molecule has 4 aromatic rings. The number of rotatable bonds is 22. The zero-order valence-corrected chi connectivity index (χ0v) is 31.0. The second-order valence-corrected chi connectivity index (χ2v) is 12.9. The molecule has 1 aromatic heterocycles. The van der Waals surface area contributed by atoms with E-state index in [1.807, 2.05) is 60.8 Å². The molecule has 1 aliphatic rings. The number of amides is 3. The molecule has 0 saturated heterocycles. The smallest absolute Gasteiger partial charge is 0.227 e. The summed E-state index contributed by atoms with van der Waals surface area (Å²) in [5.74, 6) is 5.97. The van der Waals surface area contributed by atoms with Crippen molar-refractivity contribution in [1.82, 2.24) is 15.3 Å². The molecule has 15 nitrogen and oxygen atoms in total. The number of nitrogens with zero attached hydrogens (tertiary/aromatic N) is 2. The summed E-state index contributed by atoms with van der Waals surface area (Å²) in [6, 6.07) is 20.2. The first-order chi connectivity index (χ1) is 26.7. The number of carbonyl (C=O) groups is 3. The summed E-state index contributed by atoms with van der Waals surface area (Å²) >= 11 is 0. The van der Waals surface area contributed by atoms with Crippen LogP contribution in [0.4, 0.5) is 5.69 Å². The lowest BCUT2D eigenvalue weighted by atomic mass is 9.95. The van der Waals surface area contributed by atoms with Crippen molar-refractivity contribution >= 4 is 45.7 Å². The molecule has 3 aromatic carbocycles. The van der Waals surface area contributed by atoms with Crippen LogP contribution in [0.2, 0.25) is 0 Å². The number of nitrogens with one attached hydrogen (secondary N) is 2. The number of H-pyrrole nitrogens is 1. The number of aromatic hydroxyl groups is 1. The third kappa shape index (κ3) is 11.8. The molecule has 0 radical (unpaired) electrons. The molecule has 0 spiro atoms. The van der Waals surface area contributed by atoms with Gasteiger partial charge in [-0.15, -0.1) is 0 Å². The number of nitrogens with two attached hydrogens (primary N) is 3. The number of phenolic OH excluding ortho intramolecular Hbond substituents is 1. The number of primary amides is 1. The van der Waals surface area contributed by atoms with Crippen molar-refractivity contribution in [2.75, 3.05) is 70.8 Å². The second-order valence-electron chi connectivity index (χ2n) is 12.9. The average Bonchev–Trinajstić information content (AvgIpc) is 3.57. The third-order valence-corrected chi connectivity index (χ3v) is 9.05. The summed E-state index contributed by atoms with van der Waals surface area (Å²) in [5.41, 5.74) is 18.0. The van der Waals surface area contributed by atoms with E-state index >= 15 is 0 Å². The highest BCUT2D eigenvalue weighted by Crippen LogP contribution is 2.36. The number of para-hydroxylation sites is 1. The summed E-state index contributed by atoms with van der Waals surface area (Å²) in [6.07, 6.45) is 2.74. The van der Waals surface area contributed by atoms with Gasteiger partial charge in [-0.25, -0.2) is 5.84 Å². The van der Waals surface area contributed by atoms with E-state index in [9.17, 15) is 19.5 Å². The third-order valence-electron chi connectivity index (χ3n) is 9.05. The van der Waals surface area contributed by atoms with Crippen LogP contribution in [0, 0.1) is 0 Å². The Morgan fingerprint density at radius 1 is 0.818 bits per heavy atom. The van der Waals surface area contributed by atoms with Gasteiger partial charge in [0.15, 0.2) is 0 Å². The number of carbonyl (C=O) groups excluding carboxylic acids is 3. The van der Waals surface area contributed by atoms with Crippen molar-refractivity contribution in [3.63, 3.8) is 0 Å². The molecule has 0 fully saturated rings. The van der Waals surface area contributed by atoms with Crippen LogP contribution in [-0.4, -0.2) is 98.8 Å². The lowest BCUT2D eigenvalue weighted by Crippen LogP contribution is -2.37. The topological polar surface area (TPSA) is 221 Å². The summed E-state index contributed by atoms with van der Waals surface area (Å²) in [4.78, 5) is 41.6. The van der Waals surface area contributed by atoms with E-state index in [-0.39, 0.29) is 43.4 Å². The van der Waals surface area contributed by atoms with E-state index < -0.39 is 5.91 Å². The molecule has 0 atom stereocenters. The van der Waals surface area contributed by atoms with Crippen LogP contribution in [0.3, 0.4) is 0 Å². The Hall–Kier alpha value is -5.45. The Kier molecular flexibility index (Phi) is 15.4. The van der Waals surface area contributed by atoms with Crippen molar-refractivity contribution in [3.8, 4) is 5.75 Å². The molecule has 5 rings (SSSR count). The zero-order valence-electron chi connectivity index (χ0n) is 31.0. The molecule has 0 bridgehead atoms. The minimum absolute atomic E-state index is 0.0123. The molecule has 0 saturated carbocycles. The minimum atomic E-state index is -0.537. The first-order valence-corrected chi connectivity index (χ1v) is 18.4. The number of hydrogen-bond donors (Lipinski definition) is 6. The standard InChI is InChI=1S/C40H51N7O8/c41-36(49)11-12-38(51)46-27-29-5-1-2-6-31(29)40(39(42)32-7-3-4-8-35(32)46)47(43)16-18-53-20-22-55-24-23-54-21-19-52-17-14-37(50)44-15-13-28-26-45-34-10-9-30(48)25-33(28)34/h1-10,25-26,45,48H,11-24,27,42-43H2,(H2,41,49)(H,44,50)/b40-39-. The molecule has 55 heavy (non-hydrogen) atoms. The van der Waals surface area contributed by atoms with Crippen molar-refractivity contribution in [3.05, 3.63) is 95.2 Å². The van der Waals surface area contributed by atoms with Gasteiger partial charge in [-0.05, 0) is 41.8 Å². The molecule has 3 amide bonds. The van der Waals surface area contributed by atoms with Gasteiger partial charge in [0.25, 0.3) is 0 Å². The number of benzene rings is 3. The summed E-state index contributed by atoms with van der Waals surface area (Å²) < 4.78 is 22.5. The Bertz CT molecular complexity index is 1930. The number of aromatic amines is 1. The van der Waals surface area contributed by atoms with Crippen LogP contribution >= 0.6 is 0 Å². The monoisotopic (exact) mass is 757 g/mol. The Labute approximate surface area is 320 Å². The fraction of sp³-hybridized carbons (Fsp3) is 0.375. The molecule has 0 unspecified atom stereocenters. The van der Waals surface area contributed by atoms with Gasteiger partial charge in [0.1, 0.15) is 5.75 Å². The van der Waals surface area contributed by atoms with E-state index in [0.717, 1.165) is 27.6 Å². The normalized spacial score (nSPS) is 13.9. The summed E-state index contributed by atoms with van der Waals surface area (Å²) in [5, 5.41) is 15.1. The predicted molar refractivity (Wildman–Crippen MR) is 209 cm³/mol. The number of anilines is 1. The number of hydrazine groups is 1. The van der Waals surface area contributed by atoms with Crippen LogP contribution in [-0.2, 0) is 46.3 Å². The lowest BCUT2D eigenvalue weighted by molar-refractivity contribution is -0.123. The van der Waals surface area contributed by atoms with Gasteiger partial charge >= 0.3 is 0 Å². The minimum Gasteiger partial charge on any atom is -0.508 e. The van der Waals surface area contributed by atoms with Gasteiger partial charge in [-0.2, -0.15) is 0 Å². The van der Waals surface area contributed by atoms with E-state index in [4.69, 9.17) is 36.3 Å². The molecule has 0 aliphatic carbocycles. The van der Waals surface area contributed by atoms with E-state index in [0.29, 0.717) is 95.0 Å². The van der Waals surface area contributed by atoms with E-state index in [1.54, 1.807) is 22.0 Å². The molecule has 2 heterocycles. The van der Waals surface area contributed by atoms with Crippen LogP contribution in [0.25, 0.3) is 22.3 Å². The van der Waals surface area contributed by atoms with E-state index in [1.165, 1.54) is 0 Å². The lowest BCUT2D eigenvalue weighted by Gasteiger charge is -2.33. The van der Waals surface area contributed by atoms with Crippen LogP contribution in [0.5, 0.6) is 5.75 Å². The molecular weight excluding hydrogens is 706 g/mol. The number of fused-ring (bicyclic) bond motifs is 3. The fourth-order valence-electron chi connectivity index (χ4n) is 6.25. The first-order valence-electron chi connectivity index (χ1n) is 18.4. The van der Waals surface area contributed by atoms with Crippen LogP contribution < -0.4 is 27.5 Å². The van der Waals surface area contributed by atoms with Gasteiger partial charge in [0.05, 0.1) is 83.0 Å². The van der Waals surface area contributed by atoms with Crippen molar-refractivity contribution in [1.29, 1.82) is 0 Å². The van der Waals surface area contributed by atoms with Gasteiger partial charge in [0.2, 0.25) is 17.7 Å². The van der Waals surface area contributed by atoms with Crippen LogP contribution in [0.15, 0.2) is 72.9 Å². The molecular formula is C40H51N7O8. The van der Waals surface area contributed by atoms with Crippen molar-refractivity contribution in [2.45, 2.75) is 32.2 Å². The molecule has 294 valence electrons. The summed E-state index contributed by atoms with van der Waals surface area (Å²) in [7, 11) is 0. The quantitative estimate of drug-likeness (QED) is 0.0389. The van der Waals surface area contributed by atoms with Crippen molar-refractivity contribution in [2.24, 2.45) is 17.3 Å². The first kappa shape index (κ1) is 40.7. The Morgan fingerprint density at radius 2 is 1.47 bits per heavy atom. The maximum Gasteiger partial charge on any atom is 0.227 e. The van der Waals surface area contributed by atoms with Crippen molar-refractivity contribution < 1.29 is 38.4 Å². The molecule has 1 aliphatic heterocycles. The average molecular weight is 758 g/mol. The SMILES string of the molecule is NC(=O)CCC(=O)N1Cc2ccccc2/C(N(N)CCOCCOCCOCCOCCC(=O)NCCc2c[nH]c3ccc(O)cc23)=C(/N)c2ccccc21. The van der Waals surface area contributed by atoms with Gasteiger partial charge < -0.3 is 55.7 Å². The highest BCUT2D eigenvalue weighted by molar-refractivity contribution is 6.01. The van der Waals surface area contributed by atoms with Gasteiger partial charge in [-0.3, -0.25) is 14.4 Å². The number of ether oxygens (including phenoxy) is 4. The molecule has 9 N–H and O–H groups in total. The number of aromatic nitrogens is 1. The van der Waals surface area contributed by atoms with Gasteiger partial charge in [-0.1, -0.05) is 42.5 Å². The second kappa shape index (κ2) is 20.9. The maximum atomic E-state index is 13.3. The highest BCUT2D eigenvalue weighted by Gasteiger charge is 2.27. The van der Waals surface area contributed by atoms with E-state index in [2.05, 4.69) is 10.3 Å². The maximum absolute atomic E-state index is 13.3. The largest absolute Gasteiger partial charge is 0.508 e. The summed E-state index contributed by atoms with van der Waals surface area (Å²) in [6.45, 7) is 4.01.